The fraction of sp³-hybridized carbons (Fsp3) is 0.379. The number of imidazole rings is 1. The predicted molar refractivity (Wildman–Crippen MR) is 156 cm³/mol. The summed E-state index contributed by atoms with van der Waals surface area (Å²) in [4.78, 5) is 48.5. The number of nitrogens with zero attached hydrogens (tertiary/aromatic N) is 6. The van der Waals surface area contributed by atoms with E-state index < -0.39 is 11.7 Å². The third kappa shape index (κ3) is 7.87. The zero-order valence-electron chi connectivity index (χ0n) is 23.3. The molecule has 1 unspecified atom stereocenters. The van der Waals surface area contributed by atoms with Crippen molar-refractivity contribution in [2.24, 2.45) is 0 Å². The summed E-state index contributed by atoms with van der Waals surface area (Å²) in [6.07, 6.45) is 8.37. The molecule has 0 bridgehead atoms. The Morgan fingerprint density at radius 2 is 2.10 bits per heavy atom. The van der Waals surface area contributed by atoms with E-state index in [1.807, 2.05) is 23.7 Å². The number of thiophene rings is 1. The molecule has 1 fully saturated rings. The first-order valence-electron chi connectivity index (χ1n) is 13.4. The summed E-state index contributed by atoms with van der Waals surface area (Å²) in [6, 6.07) is 5.51. The minimum Gasteiger partial charge on any atom is -0.444 e. The molecule has 4 aromatic heterocycles. The second-order valence-electron chi connectivity index (χ2n) is 10.8. The Kier molecular flexibility index (Phi) is 8.56. The highest BCUT2D eigenvalue weighted by molar-refractivity contribution is 7.13. The summed E-state index contributed by atoms with van der Waals surface area (Å²) in [5.74, 6) is 7.18. The van der Waals surface area contributed by atoms with Crippen LogP contribution in [-0.4, -0.2) is 65.7 Å². The molecule has 5 rings (SSSR count). The zero-order chi connectivity index (χ0) is 28.8. The molecule has 4 aromatic rings. The monoisotopic (exact) mass is 572 g/mol. The molecule has 0 saturated carbocycles. The number of carbonyl (C=O) groups is 1. The van der Waals surface area contributed by atoms with Crippen LogP contribution in [-0.2, 0) is 11.3 Å². The van der Waals surface area contributed by atoms with Crippen molar-refractivity contribution in [3.63, 3.8) is 0 Å². The highest BCUT2D eigenvalue weighted by Crippen LogP contribution is 2.27. The lowest BCUT2D eigenvalue weighted by Crippen LogP contribution is -2.35. The first kappa shape index (κ1) is 28.2. The second kappa shape index (κ2) is 12.4. The van der Waals surface area contributed by atoms with Crippen LogP contribution in [0.25, 0.3) is 16.5 Å². The van der Waals surface area contributed by atoms with Crippen molar-refractivity contribution < 1.29 is 9.53 Å². The van der Waals surface area contributed by atoms with Gasteiger partial charge in [0, 0.05) is 43.7 Å². The number of hydrogen-bond donors (Lipinski definition) is 2. The van der Waals surface area contributed by atoms with Gasteiger partial charge in [-0.15, -0.1) is 11.3 Å². The number of alkyl carbamates (subject to hydrolysis) is 1. The molecule has 1 aliphatic heterocycles. The maximum absolute atomic E-state index is 12.4. The van der Waals surface area contributed by atoms with Crippen molar-refractivity contribution in [3.05, 3.63) is 75.9 Å². The Hall–Kier alpha value is -4.34. The van der Waals surface area contributed by atoms with Gasteiger partial charge in [0.1, 0.15) is 17.8 Å². The quantitative estimate of drug-likeness (QED) is 0.334. The Balaban J connectivity index is 1.17. The van der Waals surface area contributed by atoms with Gasteiger partial charge in [-0.1, -0.05) is 17.9 Å². The molecule has 1 aliphatic rings. The van der Waals surface area contributed by atoms with E-state index in [9.17, 15) is 9.59 Å². The SMILES string of the molecule is CC(C)(C)OC(=O)NCC#Cc1cnc(-n2cnc(CN3CCCC(c4nc(-c5cccs5)cc(=O)[nH]4)C3)c2)nc1. The third-order valence-electron chi connectivity index (χ3n) is 6.27. The van der Waals surface area contributed by atoms with Crippen molar-refractivity contribution in [2.75, 3.05) is 19.6 Å². The van der Waals surface area contributed by atoms with E-state index in [2.05, 4.69) is 42.0 Å². The minimum atomic E-state index is -0.555. The van der Waals surface area contributed by atoms with Gasteiger partial charge in [0.2, 0.25) is 5.95 Å². The predicted octanol–water partition coefficient (Wildman–Crippen LogP) is 3.73. The van der Waals surface area contributed by atoms with Crippen molar-refractivity contribution in [3.8, 4) is 28.4 Å². The normalized spacial score (nSPS) is 15.6. The third-order valence-corrected chi connectivity index (χ3v) is 7.16. The van der Waals surface area contributed by atoms with Gasteiger partial charge in [0.25, 0.3) is 5.56 Å². The van der Waals surface area contributed by atoms with E-state index in [0.717, 1.165) is 48.0 Å². The minimum absolute atomic E-state index is 0.122. The molecule has 0 spiro atoms. The van der Waals surface area contributed by atoms with Gasteiger partial charge in [-0.3, -0.25) is 14.3 Å². The highest BCUT2D eigenvalue weighted by Gasteiger charge is 2.24. The number of piperidine rings is 1. The van der Waals surface area contributed by atoms with Crippen LogP contribution >= 0.6 is 11.3 Å². The lowest BCUT2D eigenvalue weighted by atomic mass is 9.97. The zero-order valence-corrected chi connectivity index (χ0v) is 24.1. The summed E-state index contributed by atoms with van der Waals surface area (Å²) in [5, 5.41) is 4.58. The van der Waals surface area contributed by atoms with Gasteiger partial charge < -0.3 is 15.0 Å². The van der Waals surface area contributed by atoms with Crippen LogP contribution in [0.15, 0.2) is 53.3 Å². The van der Waals surface area contributed by atoms with E-state index in [0.29, 0.717) is 18.1 Å². The van der Waals surface area contributed by atoms with Crippen LogP contribution < -0.4 is 10.9 Å². The second-order valence-corrected chi connectivity index (χ2v) is 11.7. The van der Waals surface area contributed by atoms with E-state index in [1.165, 1.54) is 0 Å². The van der Waals surface area contributed by atoms with Crippen molar-refractivity contribution in [1.29, 1.82) is 0 Å². The lowest BCUT2D eigenvalue weighted by Gasteiger charge is -2.31. The van der Waals surface area contributed by atoms with E-state index in [-0.39, 0.29) is 18.0 Å². The molecule has 0 radical (unpaired) electrons. The van der Waals surface area contributed by atoms with E-state index >= 15 is 0 Å². The van der Waals surface area contributed by atoms with Gasteiger partial charge in [-0.2, -0.15) is 0 Å². The highest BCUT2D eigenvalue weighted by atomic mass is 32.1. The number of ether oxygens (including phenoxy) is 1. The smallest absolute Gasteiger partial charge is 0.408 e. The molecule has 0 aliphatic carbocycles. The van der Waals surface area contributed by atoms with Gasteiger partial charge >= 0.3 is 6.09 Å². The molecule has 1 saturated heterocycles. The average molecular weight is 573 g/mol. The molecule has 212 valence electrons. The number of nitrogens with one attached hydrogen (secondary N) is 2. The van der Waals surface area contributed by atoms with Crippen LogP contribution in [0.1, 0.15) is 56.6 Å². The molecular weight excluding hydrogens is 540 g/mol. The fourth-order valence-corrected chi connectivity index (χ4v) is 5.21. The Morgan fingerprint density at radius 1 is 1.27 bits per heavy atom. The molecule has 0 aromatic carbocycles. The molecule has 2 N–H and O–H groups in total. The van der Waals surface area contributed by atoms with Crippen LogP contribution in [0.4, 0.5) is 4.79 Å². The number of aromatic nitrogens is 6. The van der Waals surface area contributed by atoms with E-state index in [4.69, 9.17) is 9.72 Å². The number of likely N-dealkylation sites (tertiary alicyclic amines) is 1. The first-order chi connectivity index (χ1) is 19.7. The summed E-state index contributed by atoms with van der Waals surface area (Å²) in [7, 11) is 0. The lowest BCUT2D eigenvalue weighted by molar-refractivity contribution is 0.0535. The van der Waals surface area contributed by atoms with Gasteiger partial charge in [-0.25, -0.2) is 24.7 Å². The van der Waals surface area contributed by atoms with Crippen LogP contribution in [0.3, 0.4) is 0 Å². The molecular formula is C29H32N8O3S. The fourth-order valence-electron chi connectivity index (χ4n) is 4.52. The maximum atomic E-state index is 12.4. The number of aromatic amines is 1. The summed E-state index contributed by atoms with van der Waals surface area (Å²) in [6.45, 7) is 7.98. The average Bonchev–Trinajstić information content (AvgIpc) is 3.63. The maximum Gasteiger partial charge on any atom is 0.408 e. The number of carbonyl (C=O) groups excluding carboxylic acids is 1. The Labute approximate surface area is 242 Å². The Bertz CT molecular complexity index is 1590. The van der Waals surface area contributed by atoms with Crippen LogP contribution in [0, 0.1) is 11.8 Å². The van der Waals surface area contributed by atoms with Crippen LogP contribution in [0.2, 0.25) is 0 Å². The summed E-state index contributed by atoms with van der Waals surface area (Å²) >= 11 is 1.58. The first-order valence-corrected chi connectivity index (χ1v) is 14.3. The Morgan fingerprint density at radius 3 is 2.85 bits per heavy atom. The number of H-pyrrole nitrogens is 1. The summed E-state index contributed by atoms with van der Waals surface area (Å²) < 4.78 is 6.96. The number of amides is 1. The topological polar surface area (TPSA) is 131 Å². The van der Waals surface area contributed by atoms with Crippen molar-refractivity contribution >= 4 is 17.4 Å². The van der Waals surface area contributed by atoms with E-state index in [1.54, 1.807) is 61.5 Å². The van der Waals surface area contributed by atoms with Gasteiger partial charge in [-0.05, 0) is 51.6 Å². The van der Waals surface area contributed by atoms with Crippen molar-refractivity contribution in [1.82, 2.24) is 39.7 Å². The van der Waals surface area contributed by atoms with Crippen LogP contribution in [0.5, 0.6) is 0 Å². The largest absolute Gasteiger partial charge is 0.444 e. The molecule has 41 heavy (non-hydrogen) atoms. The number of rotatable bonds is 6. The molecule has 5 heterocycles. The molecule has 12 heteroatoms. The molecule has 1 atom stereocenters. The molecule has 11 nitrogen and oxygen atoms in total. The molecule has 1 amide bonds. The van der Waals surface area contributed by atoms with Gasteiger partial charge in [0.05, 0.1) is 28.4 Å². The standard InChI is InChI=1S/C29H32N8O3S/c1-29(2,3)40-28(39)30-10-4-7-20-14-31-27(32-15-20)37-18-22(33-19-37)17-36-11-5-8-21(16-36)26-34-23(13-25(38)35-26)24-9-6-12-41-24/h6,9,12-15,18-19,21H,5,8,10-11,16-17H2,1-3H3,(H,30,39)(H,34,35,38). The summed E-state index contributed by atoms with van der Waals surface area (Å²) in [5.41, 5.74) is 1.59. The van der Waals surface area contributed by atoms with Crippen molar-refractivity contribution in [2.45, 2.75) is 51.7 Å². The number of hydrogen-bond acceptors (Lipinski definition) is 9. The van der Waals surface area contributed by atoms with Gasteiger partial charge in [0.15, 0.2) is 0 Å².